The van der Waals surface area contributed by atoms with Crippen molar-refractivity contribution in [1.82, 2.24) is 24.5 Å². The molecule has 0 atom stereocenters. The molecule has 1 N–H and O–H groups in total. The van der Waals surface area contributed by atoms with E-state index in [0.29, 0.717) is 5.69 Å². The smallest absolute Gasteiger partial charge is 0.246 e. The zero-order valence-corrected chi connectivity index (χ0v) is 13.5. The summed E-state index contributed by atoms with van der Waals surface area (Å²) in [5.74, 6) is -0.105. The molecule has 2 heterocycles. The molecule has 22 heavy (non-hydrogen) atoms. The van der Waals surface area contributed by atoms with Crippen molar-refractivity contribution in [3.8, 4) is 0 Å². The standard InChI is InChI=1S/C15H24N6O/c1-4-19(5-2)6-7-20-11-14(9-17-20)18-15(22)12-21-10-13(3)8-16-21/h8-11H,4-7,12H2,1-3H3,(H,18,22). The Morgan fingerprint density at radius 1 is 1.18 bits per heavy atom. The molecular formula is C15H24N6O. The Labute approximate surface area is 130 Å². The van der Waals surface area contributed by atoms with Gasteiger partial charge in [0.2, 0.25) is 5.91 Å². The van der Waals surface area contributed by atoms with E-state index in [4.69, 9.17) is 0 Å². The molecule has 0 saturated heterocycles. The molecule has 0 aliphatic rings. The van der Waals surface area contributed by atoms with Gasteiger partial charge in [-0.1, -0.05) is 13.8 Å². The highest BCUT2D eigenvalue weighted by Gasteiger charge is 2.07. The molecule has 0 aliphatic carbocycles. The van der Waals surface area contributed by atoms with Gasteiger partial charge in [-0.3, -0.25) is 14.2 Å². The van der Waals surface area contributed by atoms with E-state index in [2.05, 4.69) is 34.3 Å². The summed E-state index contributed by atoms with van der Waals surface area (Å²) >= 11 is 0. The fourth-order valence-corrected chi connectivity index (χ4v) is 2.24. The highest BCUT2D eigenvalue weighted by atomic mass is 16.2. The van der Waals surface area contributed by atoms with Crippen LogP contribution in [-0.4, -0.2) is 50.0 Å². The second-order valence-corrected chi connectivity index (χ2v) is 5.28. The van der Waals surface area contributed by atoms with Crippen LogP contribution in [-0.2, 0) is 17.9 Å². The maximum atomic E-state index is 11.9. The summed E-state index contributed by atoms with van der Waals surface area (Å²) in [6.45, 7) is 10.3. The number of carbonyl (C=O) groups excluding carboxylic acids is 1. The van der Waals surface area contributed by atoms with Crippen LogP contribution in [0.15, 0.2) is 24.8 Å². The predicted octanol–water partition coefficient (Wildman–Crippen LogP) is 1.37. The first-order valence-electron chi connectivity index (χ1n) is 7.64. The maximum Gasteiger partial charge on any atom is 0.246 e. The van der Waals surface area contributed by atoms with E-state index in [1.807, 2.05) is 24.0 Å². The number of hydrogen-bond donors (Lipinski definition) is 1. The zero-order chi connectivity index (χ0) is 15.9. The van der Waals surface area contributed by atoms with Gasteiger partial charge in [-0.05, 0) is 25.6 Å². The summed E-state index contributed by atoms with van der Waals surface area (Å²) in [6.07, 6.45) is 7.11. The number of carbonyl (C=O) groups is 1. The van der Waals surface area contributed by atoms with E-state index in [9.17, 15) is 4.79 Å². The Morgan fingerprint density at radius 2 is 1.91 bits per heavy atom. The predicted molar refractivity (Wildman–Crippen MR) is 85.6 cm³/mol. The van der Waals surface area contributed by atoms with Gasteiger partial charge >= 0.3 is 0 Å². The lowest BCUT2D eigenvalue weighted by atomic mass is 10.4. The summed E-state index contributed by atoms with van der Waals surface area (Å²) < 4.78 is 3.47. The monoisotopic (exact) mass is 304 g/mol. The summed E-state index contributed by atoms with van der Waals surface area (Å²) in [5.41, 5.74) is 1.76. The fourth-order valence-electron chi connectivity index (χ4n) is 2.24. The molecule has 0 radical (unpaired) electrons. The minimum atomic E-state index is -0.105. The van der Waals surface area contributed by atoms with Crippen LogP contribution >= 0.6 is 0 Å². The number of likely N-dealkylation sites (N-methyl/N-ethyl adjacent to an activating group) is 1. The van der Waals surface area contributed by atoms with Crippen LogP contribution in [0.1, 0.15) is 19.4 Å². The topological polar surface area (TPSA) is 68.0 Å². The second-order valence-electron chi connectivity index (χ2n) is 5.28. The molecular weight excluding hydrogens is 280 g/mol. The molecule has 1 amide bonds. The molecule has 0 saturated carbocycles. The van der Waals surface area contributed by atoms with Gasteiger partial charge in [0.05, 0.1) is 24.6 Å². The van der Waals surface area contributed by atoms with Crippen LogP contribution in [0, 0.1) is 6.92 Å². The molecule has 120 valence electrons. The molecule has 0 unspecified atom stereocenters. The first-order valence-corrected chi connectivity index (χ1v) is 7.64. The average molecular weight is 304 g/mol. The zero-order valence-electron chi connectivity index (χ0n) is 13.5. The van der Waals surface area contributed by atoms with Crippen molar-refractivity contribution in [3.05, 3.63) is 30.4 Å². The van der Waals surface area contributed by atoms with Crippen LogP contribution in [0.25, 0.3) is 0 Å². The number of anilines is 1. The molecule has 2 aromatic rings. The summed E-state index contributed by atoms with van der Waals surface area (Å²) in [5, 5.41) is 11.2. The van der Waals surface area contributed by atoms with Gasteiger partial charge in [-0.25, -0.2) is 0 Å². The molecule has 7 nitrogen and oxygen atoms in total. The molecule has 0 spiro atoms. The number of aromatic nitrogens is 4. The number of amides is 1. The third kappa shape index (κ3) is 4.70. The van der Waals surface area contributed by atoms with E-state index < -0.39 is 0 Å². The molecule has 0 aromatic carbocycles. The van der Waals surface area contributed by atoms with Gasteiger partial charge in [0.15, 0.2) is 0 Å². The van der Waals surface area contributed by atoms with Crippen molar-refractivity contribution in [1.29, 1.82) is 0 Å². The van der Waals surface area contributed by atoms with Gasteiger partial charge in [0.1, 0.15) is 6.54 Å². The van der Waals surface area contributed by atoms with Crippen molar-refractivity contribution in [2.45, 2.75) is 33.9 Å². The Hall–Kier alpha value is -2.15. The van der Waals surface area contributed by atoms with Crippen molar-refractivity contribution >= 4 is 11.6 Å². The van der Waals surface area contributed by atoms with Crippen molar-refractivity contribution in [3.63, 3.8) is 0 Å². The number of nitrogens with zero attached hydrogens (tertiary/aromatic N) is 5. The maximum absolute atomic E-state index is 11.9. The highest BCUT2D eigenvalue weighted by molar-refractivity contribution is 5.90. The van der Waals surface area contributed by atoms with Gasteiger partial charge < -0.3 is 10.2 Å². The van der Waals surface area contributed by atoms with Gasteiger partial charge in [0, 0.05) is 18.9 Å². The number of hydrogen-bond acceptors (Lipinski definition) is 4. The van der Waals surface area contributed by atoms with E-state index >= 15 is 0 Å². The third-order valence-corrected chi connectivity index (χ3v) is 3.52. The van der Waals surface area contributed by atoms with Crippen LogP contribution in [0.4, 0.5) is 5.69 Å². The Balaban J connectivity index is 1.82. The van der Waals surface area contributed by atoms with Crippen LogP contribution in [0.2, 0.25) is 0 Å². The van der Waals surface area contributed by atoms with Crippen LogP contribution in [0.3, 0.4) is 0 Å². The minimum absolute atomic E-state index is 0.105. The molecule has 7 heteroatoms. The van der Waals surface area contributed by atoms with Crippen molar-refractivity contribution in [2.75, 3.05) is 25.0 Å². The lowest BCUT2D eigenvalue weighted by Crippen LogP contribution is -2.27. The van der Waals surface area contributed by atoms with E-state index in [1.165, 1.54) is 0 Å². The summed E-state index contributed by atoms with van der Waals surface area (Å²) in [6, 6.07) is 0. The fraction of sp³-hybridized carbons (Fsp3) is 0.533. The van der Waals surface area contributed by atoms with E-state index in [1.54, 1.807) is 17.1 Å². The molecule has 0 bridgehead atoms. The minimum Gasteiger partial charge on any atom is -0.322 e. The number of nitrogens with one attached hydrogen (secondary N) is 1. The lowest BCUT2D eigenvalue weighted by molar-refractivity contribution is -0.116. The van der Waals surface area contributed by atoms with E-state index in [-0.39, 0.29) is 12.5 Å². The van der Waals surface area contributed by atoms with Crippen LogP contribution in [0.5, 0.6) is 0 Å². The van der Waals surface area contributed by atoms with Gasteiger partial charge in [-0.15, -0.1) is 0 Å². The number of aryl methyl sites for hydroxylation is 1. The normalized spacial score (nSPS) is 11.1. The van der Waals surface area contributed by atoms with Crippen molar-refractivity contribution < 1.29 is 4.79 Å². The second kappa shape index (κ2) is 7.74. The molecule has 0 fully saturated rings. The molecule has 2 rings (SSSR count). The lowest BCUT2D eigenvalue weighted by Gasteiger charge is -2.17. The number of rotatable bonds is 8. The average Bonchev–Trinajstić information content (AvgIpc) is 3.09. The van der Waals surface area contributed by atoms with Gasteiger partial charge in [-0.2, -0.15) is 10.2 Å². The Morgan fingerprint density at radius 3 is 2.55 bits per heavy atom. The largest absolute Gasteiger partial charge is 0.322 e. The summed E-state index contributed by atoms with van der Waals surface area (Å²) in [7, 11) is 0. The van der Waals surface area contributed by atoms with Crippen LogP contribution < -0.4 is 5.32 Å². The third-order valence-electron chi connectivity index (χ3n) is 3.52. The summed E-state index contributed by atoms with van der Waals surface area (Å²) in [4.78, 5) is 14.3. The Bertz CT molecular complexity index is 599. The molecule has 0 aliphatic heterocycles. The quantitative estimate of drug-likeness (QED) is 0.800. The van der Waals surface area contributed by atoms with Gasteiger partial charge in [0.25, 0.3) is 0 Å². The SMILES string of the molecule is CCN(CC)CCn1cc(NC(=O)Cn2cc(C)cn2)cn1. The molecule has 2 aromatic heterocycles. The Kier molecular flexibility index (Phi) is 5.71. The highest BCUT2D eigenvalue weighted by Crippen LogP contribution is 2.05. The van der Waals surface area contributed by atoms with E-state index in [0.717, 1.165) is 31.7 Å². The van der Waals surface area contributed by atoms with Crippen molar-refractivity contribution in [2.24, 2.45) is 0 Å². The first-order chi connectivity index (χ1) is 10.6. The first kappa shape index (κ1) is 16.2.